The molecule has 0 saturated carbocycles. The van der Waals surface area contributed by atoms with E-state index in [1.165, 1.54) is 10.8 Å². The molecule has 0 saturated heterocycles. The van der Waals surface area contributed by atoms with E-state index in [1.807, 2.05) is 19.1 Å². The Balaban J connectivity index is 2.17. The van der Waals surface area contributed by atoms with Gasteiger partial charge in [-0.2, -0.15) is 0 Å². The molecule has 0 aliphatic carbocycles. The molecule has 0 atom stereocenters. The van der Waals surface area contributed by atoms with Gasteiger partial charge in [-0.1, -0.05) is 39.6 Å². The molecule has 0 spiro atoms. The maximum Gasteiger partial charge on any atom is 0.192 e. The summed E-state index contributed by atoms with van der Waals surface area (Å²) in [5.41, 5.74) is 5.17. The molecule has 3 rings (SSSR count). The first-order valence-electron chi connectivity index (χ1n) is 8.61. The van der Waals surface area contributed by atoms with E-state index < -0.39 is 8.07 Å². The van der Waals surface area contributed by atoms with E-state index in [1.54, 1.807) is 0 Å². The third-order valence-electron chi connectivity index (χ3n) is 4.22. The standard InChI is InChI=1S/C20H26N2OSi/c1-13(2)10-15-11-18(21-12-19(15)24(4,5)6)16-8-7-9-17-20(16)23-14(3)22-17/h7-9,11-13H,10H2,1-6H3. The first kappa shape index (κ1) is 16.9. The number of fused-ring (bicyclic) bond motifs is 1. The van der Waals surface area contributed by atoms with E-state index in [0.29, 0.717) is 11.8 Å². The third kappa shape index (κ3) is 3.29. The number of aromatic nitrogens is 2. The molecule has 3 nitrogen and oxygen atoms in total. The Kier molecular flexibility index (Phi) is 4.34. The molecule has 0 aliphatic rings. The molecule has 0 fully saturated rings. The first-order chi connectivity index (χ1) is 11.3. The highest BCUT2D eigenvalue weighted by Crippen LogP contribution is 2.28. The second-order valence-corrected chi connectivity index (χ2v) is 13.0. The third-order valence-corrected chi connectivity index (χ3v) is 6.29. The quantitative estimate of drug-likeness (QED) is 0.632. The van der Waals surface area contributed by atoms with Crippen LogP contribution in [0.3, 0.4) is 0 Å². The van der Waals surface area contributed by atoms with Crippen molar-refractivity contribution in [1.82, 2.24) is 9.97 Å². The number of hydrogen-bond donors (Lipinski definition) is 0. The van der Waals surface area contributed by atoms with Crippen LogP contribution in [0.15, 0.2) is 34.9 Å². The number of hydrogen-bond acceptors (Lipinski definition) is 3. The van der Waals surface area contributed by atoms with Crippen LogP contribution in [0.5, 0.6) is 0 Å². The van der Waals surface area contributed by atoms with E-state index >= 15 is 0 Å². The molecule has 2 heterocycles. The fraction of sp³-hybridized carbons (Fsp3) is 0.400. The number of para-hydroxylation sites is 1. The van der Waals surface area contributed by atoms with Crippen LogP contribution in [0.25, 0.3) is 22.4 Å². The van der Waals surface area contributed by atoms with Gasteiger partial charge in [-0.25, -0.2) is 4.98 Å². The van der Waals surface area contributed by atoms with Crippen molar-refractivity contribution >= 4 is 24.4 Å². The van der Waals surface area contributed by atoms with Gasteiger partial charge in [0.1, 0.15) is 5.52 Å². The van der Waals surface area contributed by atoms with Crippen molar-refractivity contribution in [3.63, 3.8) is 0 Å². The molecular formula is C20H26N2OSi. The summed E-state index contributed by atoms with van der Waals surface area (Å²) in [5.74, 6) is 1.32. The van der Waals surface area contributed by atoms with Crippen LogP contribution >= 0.6 is 0 Å². The lowest BCUT2D eigenvalue weighted by atomic mass is 10.0. The fourth-order valence-electron chi connectivity index (χ4n) is 3.19. The van der Waals surface area contributed by atoms with Gasteiger partial charge in [-0.05, 0) is 41.3 Å². The maximum atomic E-state index is 5.83. The molecule has 0 aliphatic heterocycles. The van der Waals surface area contributed by atoms with Crippen molar-refractivity contribution in [2.45, 2.75) is 46.8 Å². The van der Waals surface area contributed by atoms with E-state index in [0.717, 1.165) is 28.8 Å². The molecule has 3 aromatic rings. The first-order valence-corrected chi connectivity index (χ1v) is 12.1. The molecular weight excluding hydrogens is 312 g/mol. The van der Waals surface area contributed by atoms with E-state index in [9.17, 15) is 0 Å². The van der Waals surface area contributed by atoms with Gasteiger partial charge in [0, 0.05) is 18.7 Å². The van der Waals surface area contributed by atoms with Crippen molar-refractivity contribution in [2.75, 3.05) is 0 Å². The lowest BCUT2D eigenvalue weighted by Gasteiger charge is -2.22. The lowest BCUT2D eigenvalue weighted by molar-refractivity contribution is 0.562. The van der Waals surface area contributed by atoms with Gasteiger partial charge in [-0.15, -0.1) is 0 Å². The Bertz CT molecular complexity index is 875. The summed E-state index contributed by atoms with van der Waals surface area (Å²) in [5, 5.41) is 1.46. The highest BCUT2D eigenvalue weighted by atomic mass is 28.3. The molecule has 0 radical (unpaired) electrons. The van der Waals surface area contributed by atoms with E-state index in [-0.39, 0.29) is 0 Å². The lowest BCUT2D eigenvalue weighted by Crippen LogP contribution is -2.40. The smallest absolute Gasteiger partial charge is 0.192 e. The monoisotopic (exact) mass is 338 g/mol. The van der Waals surface area contributed by atoms with Crippen LogP contribution in [0.2, 0.25) is 19.6 Å². The number of rotatable bonds is 4. The fourth-order valence-corrected chi connectivity index (χ4v) is 4.78. The van der Waals surface area contributed by atoms with Gasteiger partial charge >= 0.3 is 0 Å². The Hall–Kier alpha value is -1.94. The van der Waals surface area contributed by atoms with Crippen LogP contribution in [0.1, 0.15) is 25.3 Å². The second-order valence-electron chi connectivity index (χ2n) is 7.96. The summed E-state index contributed by atoms with van der Waals surface area (Å²) in [6, 6.07) is 8.35. The van der Waals surface area contributed by atoms with Gasteiger partial charge in [0.05, 0.1) is 13.8 Å². The van der Waals surface area contributed by atoms with Gasteiger partial charge in [-0.3, -0.25) is 4.98 Å². The SMILES string of the molecule is Cc1nc2cccc(-c3cc(CC(C)C)c([Si](C)(C)C)cn3)c2o1. The maximum absolute atomic E-state index is 5.83. The van der Waals surface area contributed by atoms with Crippen molar-refractivity contribution < 1.29 is 4.42 Å². The van der Waals surface area contributed by atoms with Crippen LogP contribution in [0, 0.1) is 12.8 Å². The van der Waals surface area contributed by atoms with Crippen LogP contribution in [-0.4, -0.2) is 18.0 Å². The Morgan fingerprint density at radius 3 is 2.58 bits per heavy atom. The van der Waals surface area contributed by atoms with Crippen molar-refractivity contribution in [3.05, 3.63) is 41.9 Å². The summed E-state index contributed by atoms with van der Waals surface area (Å²) in [4.78, 5) is 9.23. The predicted octanol–water partition coefficient (Wildman–Crippen LogP) is 4.94. The van der Waals surface area contributed by atoms with Crippen LogP contribution < -0.4 is 5.19 Å². The second kappa shape index (κ2) is 6.17. The molecule has 0 unspecified atom stereocenters. The largest absolute Gasteiger partial charge is 0.440 e. The molecule has 4 heteroatoms. The van der Waals surface area contributed by atoms with E-state index in [4.69, 9.17) is 9.40 Å². The zero-order chi connectivity index (χ0) is 17.5. The average molecular weight is 339 g/mol. The van der Waals surface area contributed by atoms with Gasteiger partial charge in [0.2, 0.25) is 0 Å². The number of aryl methyl sites for hydroxylation is 1. The van der Waals surface area contributed by atoms with Crippen LogP contribution in [-0.2, 0) is 6.42 Å². The number of oxazole rings is 1. The topological polar surface area (TPSA) is 38.9 Å². The Labute approximate surface area is 145 Å². The van der Waals surface area contributed by atoms with Gasteiger partial charge in [0.25, 0.3) is 0 Å². The highest BCUT2D eigenvalue weighted by Gasteiger charge is 2.22. The summed E-state index contributed by atoms with van der Waals surface area (Å²) in [7, 11) is -1.42. The number of nitrogens with zero attached hydrogens (tertiary/aromatic N) is 2. The zero-order valence-corrected chi connectivity index (χ0v) is 16.5. The summed E-state index contributed by atoms with van der Waals surface area (Å²) >= 11 is 0. The Morgan fingerprint density at radius 2 is 1.92 bits per heavy atom. The van der Waals surface area contributed by atoms with Gasteiger partial charge in [0.15, 0.2) is 11.5 Å². The van der Waals surface area contributed by atoms with Crippen LogP contribution in [0.4, 0.5) is 0 Å². The molecule has 24 heavy (non-hydrogen) atoms. The minimum atomic E-state index is -1.42. The molecule has 126 valence electrons. The zero-order valence-electron chi connectivity index (χ0n) is 15.5. The Morgan fingerprint density at radius 1 is 1.17 bits per heavy atom. The predicted molar refractivity (Wildman–Crippen MR) is 103 cm³/mol. The highest BCUT2D eigenvalue weighted by molar-refractivity contribution is 6.89. The molecule has 2 aromatic heterocycles. The normalized spacial score (nSPS) is 12.3. The van der Waals surface area contributed by atoms with Crippen molar-refractivity contribution in [2.24, 2.45) is 5.92 Å². The molecule has 0 N–H and O–H groups in total. The summed E-state index contributed by atoms with van der Waals surface area (Å²) in [6.45, 7) is 13.6. The molecule has 0 amide bonds. The molecule has 1 aromatic carbocycles. The minimum absolute atomic E-state index is 0.624. The number of pyridine rings is 1. The molecule has 0 bridgehead atoms. The minimum Gasteiger partial charge on any atom is -0.440 e. The summed E-state index contributed by atoms with van der Waals surface area (Å²) < 4.78 is 5.83. The van der Waals surface area contributed by atoms with Crippen molar-refractivity contribution in [3.8, 4) is 11.3 Å². The van der Waals surface area contributed by atoms with Crippen molar-refractivity contribution in [1.29, 1.82) is 0 Å². The summed E-state index contributed by atoms with van der Waals surface area (Å²) in [6.07, 6.45) is 3.18. The number of benzene rings is 1. The average Bonchev–Trinajstić information content (AvgIpc) is 2.85. The van der Waals surface area contributed by atoms with E-state index in [2.05, 4.69) is 56.8 Å². The van der Waals surface area contributed by atoms with Gasteiger partial charge < -0.3 is 4.42 Å².